The lowest BCUT2D eigenvalue weighted by Crippen LogP contribution is -2.37. The molecule has 1 atom stereocenters. The van der Waals surface area contributed by atoms with Crippen molar-refractivity contribution in [1.29, 1.82) is 0 Å². The Morgan fingerprint density at radius 2 is 2.14 bits per heavy atom. The number of unbranched alkanes of at least 4 members (excludes halogenated alkanes) is 1. The normalized spacial score (nSPS) is 21.0. The first-order valence-electron chi connectivity index (χ1n) is 5.93. The SMILES string of the molecule is CCCCC(CN)OC1CCNCC1. The fraction of sp³-hybridized carbons (Fsp3) is 1.00. The van der Waals surface area contributed by atoms with Crippen LogP contribution in [0.5, 0.6) is 0 Å². The standard InChI is InChI=1S/C11H24N2O/c1-2-3-4-11(9-12)14-10-5-7-13-8-6-10/h10-11,13H,2-9,12H2,1H3. The van der Waals surface area contributed by atoms with Crippen molar-refractivity contribution >= 4 is 0 Å². The second kappa shape index (κ2) is 7.21. The van der Waals surface area contributed by atoms with Gasteiger partial charge in [0.2, 0.25) is 0 Å². The summed E-state index contributed by atoms with van der Waals surface area (Å²) >= 11 is 0. The number of ether oxygens (including phenoxy) is 1. The molecule has 0 aromatic heterocycles. The van der Waals surface area contributed by atoms with Crippen molar-refractivity contribution in [1.82, 2.24) is 5.32 Å². The second-order valence-corrected chi connectivity index (χ2v) is 4.09. The average Bonchev–Trinajstić information content (AvgIpc) is 2.25. The van der Waals surface area contributed by atoms with Gasteiger partial charge in [-0.2, -0.15) is 0 Å². The molecule has 1 aliphatic rings. The smallest absolute Gasteiger partial charge is 0.0701 e. The zero-order valence-electron chi connectivity index (χ0n) is 9.30. The molecule has 0 saturated carbocycles. The van der Waals surface area contributed by atoms with E-state index in [1.807, 2.05) is 0 Å². The molecule has 0 aromatic carbocycles. The number of hydrogen-bond acceptors (Lipinski definition) is 3. The van der Waals surface area contributed by atoms with Crippen LogP contribution in [0.3, 0.4) is 0 Å². The minimum Gasteiger partial charge on any atom is -0.374 e. The second-order valence-electron chi connectivity index (χ2n) is 4.09. The van der Waals surface area contributed by atoms with Crippen LogP contribution in [0.25, 0.3) is 0 Å². The summed E-state index contributed by atoms with van der Waals surface area (Å²) in [5, 5.41) is 3.34. The van der Waals surface area contributed by atoms with Crippen LogP contribution in [0.1, 0.15) is 39.0 Å². The Kier molecular flexibility index (Phi) is 6.15. The van der Waals surface area contributed by atoms with Gasteiger partial charge < -0.3 is 15.8 Å². The molecule has 1 saturated heterocycles. The third-order valence-electron chi connectivity index (χ3n) is 2.81. The predicted octanol–water partition coefficient (Wildman–Crippen LogP) is 1.27. The van der Waals surface area contributed by atoms with Gasteiger partial charge in [0.25, 0.3) is 0 Å². The maximum absolute atomic E-state index is 5.98. The first-order chi connectivity index (χ1) is 6.86. The Bertz CT molecular complexity index is 135. The van der Waals surface area contributed by atoms with Crippen LogP contribution in [0.2, 0.25) is 0 Å². The molecule has 0 bridgehead atoms. The molecule has 1 unspecified atom stereocenters. The molecule has 0 radical (unpaired) electrons. The molecule has 84 valence electrons. The van der Waals surface area contributed by atoms with Gasteiger partial charge in [0.15, 0.2) is 0 Å². The van der Waals surface area contributed by atoms with Crippen molar-refractivity contribution in [2.75, 3.05) is 19.6 Å². The van der Waals surface area contributed by atoms with Crippen LogP contribution in [0, 0.1) is 0 Å². The third-order valence-corrected chi connectivity index (χ3v) is 2.81. The molecular formula is C11H24N2O. The first kappa shape index (κ1) is 12.0. The van der Waals surface area contributed by atoms with E-state index in [0.717, 1.165) is 32.4 Å². The van der Waals surface area contributed by atoms with E-state index in [2.05, 4.69) is 12.2 Å². The number of piperidine rings is 1. The van der Waals surface area contributed by atoms with Gasteiger partial charge in [-0.05, 0) is 32.4 Å². The molecule has 14 heavy (non-hydrogen) atoms. The van der Waals surface area contributed by atoms with E-state index in [0.29, 0.717) is 12.6 Å². The van der Waals surface area contributed by atoms with Gasteiger partial charge in [0.1, 0.15) is 0 Å². The molecule has 1 rings (SSSR count). The summed E-state index contributed by atoms with van der Waals surface area (Å²) in [5.74, 6) is 0. The maximum Gasteiger partial charge on any atom is 0.0701 e. The molecule has 1 heterocycles. The molecule has 3 N–H and O–H groups in total. The van der Waals surface area contributed by atoms with Gasteiger partial charge >= 0.3 is 0 Å². The van der Waals surface area contributed by atoms with Crippen LogP contribution in [-0.4, -0.2) is 31.8 Å². The summed E-state index contributed by atoms with van der Waals surface area (Å²) in [5.41, 5.74) is 5.69. The van der Waals surface area contributed by atoms with Gasteiger partial charge in [-0.15, -0.1) is 0 Å². The number of nitrogens with two attached hydrogens (primary N) is 1. The molecule has 0 aliphatic carbocycles. The monoisotopic (exact) mass is 200 g/mol. The highest BCUT2D eigenvalue weighted by molar-refractivity contribution is 4.71. The van der Waals surface area contributed by atoms with E-state index in [1.165, 1.54) is 12.8 Å². The molecule has 3 nitrogen and oxygen atoms in total. The van der Waals surface area contributed by atoms with E-state index in [-0.39, 0.29) is 6.10 Å². The molecular weight excluding hydrogens is 176 g/mol. The van der Waals surface area contributed by atoms with Crippen molar-refractivity contribution in [2.24, 2.45) is 5.73 Å². The fourth-order valence-corrected chi connectivity index (χ4v) is 1.88. The summed E-state index contributed by atoms with van der Waals surface area (Å²) in [6, 6.07) is 0. The highest BCUT2D eigenvalue weighted by Gasteiger charge is 2.17. The third kappa shape index (κ3) is 4.40. The van der Waals surface area contributed by atoms with Crippen molar-refractivity contribution in [3.05, 3.63) is 0 Å². The largest absolute Gasteiger partial charge is 0.374 e. The highest BCUT2D eigenvalue weighted by Crippen LogP contribution is 2.13. The number of hydrogen-bond donors (Lipinski definition) is 2. The van der Waals surface area contributed by atoms with Crippen LogP contribution >= 0.6 is 0 Å². The molecule has 0 spiro atoms. The van der Waals surface area contributed by atoms with Gasteiger partial charge in [0.05, 0.1) is 12.2 Å². The van der Waals surface area contributed by atoms with Crippen molar-refractivity contribution in [3.8, 4) is 0 Å². The topological polar surface area (TPSA) is 47.3 Å². The Morgan fingerprint density at radius 1 is 1.43 bits per heavy atom. The Balaban J connectivity index is 2.16. The Labute approximate surface area is 87.4 Å². The Hall–Kier alpha value is -0.120. The van der Waals surface area contributed by atoms with Crippen LogP contribution < -0.4 is 11.1 Å². The van der Waals surface area contributed by atoms with E-state index >= 15 is 0 Å². The van der Waals surface area contributed by atoms with Gasteiger partial charge in [-0.3, -0.25) is 0 Å². The molecule has 1 fully saturated rings. The average molecular weight is 200 g/mol. The van der Waals surface area contributed by atoms with Crippen LogP contribution in [0.4, 0.5) is 0 Å². The summed E-state index contributed by atoms with van der Waals surface area (Å²) < 4.78 is 5.98. The first-order valence-corrected chi connectivity index (χ1v) is 5.93. The van der Waals surface area contributed by atoms with Crippen LogP contribution in [0.15, 0.2) is 0 Å². The van der Waals surface area contributed by atoms with Gasteiger partial charge in [-0.1, -0.05) is 19.8 Å². The lowest BCUT2D eigenvalue weighted by atomic mass is 10.1. The van der Waals surface area contributed by atoms with E-state index in [1.54, 1.807) is 0 Å². The summed E-state index contributed by atoms with van der Waals surface area (Å²) in [7, 11) is 0. The zero-order valence-corrected chi connectivity index (χ0v) is 9.30. The number of nitrogens with one attached hydrogen (secondary N) is 1. The predicted molar refractivity (Wildman–Crippen MR) is 59.3 cm³/mol. The molecule has 0 amide bonds. The summed E-state index contributed by atoms with van der Waals surface area (Å²) in [6.45, 7) is 5.06. The highest BCUT2D eigenvalue weighted by atomic mass is 16.5. The van der Waals surface area contributed by atoms with Crippen LogP contribution in [-0.2, 0) is 4.74 Å². The van der Waals surface area contributed by atoms with Gasteiger partial charge in [0, 0.05) is 6.54 Å². The fourth-order valence-electron chi connectivity index (χ4n) is 1.88. The molecule has 3 heteroatoms. The van der Waals surface area contributed by atoms with Crippen molar-refractivity contribution < 1.29 is 4.74 Å². The molecule has 1 aliphatic heterocycles. The van der Waals surface area contributed by atoms with E-state index < -0.39 is 0 Å². The quantitative estimate of drug-likeness (QED) is 0.679. The summed E-state index contributed by atoms with van der Waals surface area (Å²) in [4.78, 5) is 0. The zero-order chi connectivity index (χ0) is 10.2. The Morgan fingerprint density at radius 3 is 2.71 bits per heavy atom. The lowest BCUT2D eigenvalue weighted by Gasteiger charge is -2.27. The van der Waals surface area contributed by atoms with Gasteiger partial charge in [-0.25, -0.2) is 0 Å². The minimum atomic E-state index is 0.290. The number of rotatable bonds is 6. The minimum absolute atomic E-state index is 0.290. The summed E-state index contributed by atoms with van der Waals surface area (Å²) in [6.07, 6.45) is 6.60. The van der Waals surface area contributed by atoms with E-state index in [4.69, 9.17) is 10.5 Å². The van der Waals surface area contributed by atoms with Crippen molar-refractivity contribution in [3.63, 3.8) is 0 Å². The molecule has 0 aromatic rings. The van der Waals surface area contributed by atoms with Crippen molar-refractivity contribution in [2.45, 2.75) is 51.2 Å². The van der Waals surface area contributed by atoms with E-state index in [9.17, 15) is 0 Å². The maximum atomic E-state index is 5.98. The lowest BCUT2D eigenvalue weighted by molar-refractivity contribution is -0.0261.